The molecule has 2 saturated heterocycles. The zero-order chi connectivity index (χ0) is 14.2. The van der Waals surface area contributed by atoms with Gasteiger partial charge in [-0.25, -0.2) is 0 Å². The first-order valence-corrected chi connectivity index (χ1v) is 5.90. The molecule has 19 heavy (non-hydrogen) atoms. The third-order valence-electron chi connectivity index (χ3n) is 3.28. The minimum absolute atomic E-state index is 0.506. The summed E-state index contributed by atoms with van der Waals surface area (Å²) < 4.78 is 15.1. The normalized spacial score (nSPS) is 50.8. The number of hydrogen-bond acceptors (Lipinski definition) is 9. The van der Waals surface area contributed by atoms with Crippen LogP contribution in [0.1, 0.15) is 0 Å². The lowest BCUT2D eigenvalue weighted by molar-refractivity contribution is -0.215. The number of aliphatic hydroxyl groups is 6. The molecule has 0 bridgehead atoms. The van der Waals surface area contributed by atoms with Gasteiger partial charge in [0.2, 0.25) is 0 Å². The van der Waals surface area contributed by atoms with Gasteiger partial charge in [-0.1, -0.05) is 0 Å². The molecule has 0 aromatic rings. The van der Waals surface area contributed by atoms with Gasteiger partial charge < -0.3 is 44.8 Å². The van der Waals surface area contributed by atoms with Gasteiger partial charge >= 0.3 is 0 Å². The summed E-state index contributed by atoms with van der Waals surface area (Å²) in [5.74, 6) is 0. The zero-order valence-electron chi connectivity index (χ0n) is 9.94. The van der Waals surface area contributed by atoms with Crippen LogP contribution in [0.25, 0.3) is 0 Å². The average Bonchev–Trinajstić information content (AvgIpc) is 2.83. The fraction of sp³-hybridized carbons (Fsp3) is 1.00. The van der Waals surface area contributed by atoms with Crippen LogP contribution in [0, 0.1) is 0 Å². The van der Waals surface area contributed by atoms with Crippen molar-refractivity contribution in [3.63, 3.8) is 0 Å². The van der Waals surface area contributed by atoms with Crippen LogP contribution in [-0.4, -0.2) is 93.1 Å². The van der Waals surface area contributed by atoms with Crippen molar-refractivity contribution in [1.82, 2.24) is 0 Å². The minimum atomic E-state index is -1.51. The Kier molecular flexibility index (Phi) is 4.71. The average molecular weight is 282 g/mol. The van der Waals surface area contributed by atoms with Gasteiger partial charge in [0.15, 0.2) is 12.6 Å². The second kappa shape index (κ2) is 5.95. The molecule has 6 N–H and O–H groups in total. The SMILES string of the molecule is OC[C@H]1O[C@@H](O[C@H]2[C@H](O)[C@H](O)O[C@@H]2CO)[C@@H](O)[C@@H]1O. The van der Waals surface area contributed by atoms with Crippen molar-refractivity contribution in [2.45, 2.75) is 49.2 Å². The molecule has 2 fully saturated rings. The first kappa shape index (κ1) is 15.0. The Morgan fingerprint density at radius 3 is 1.95 bits per heavy atom. The van der Waals surface area contributed by atoms with E-state index in [1.165, 1.54) is 0 Å². The van der Waals surface area contributed by atoms with Gasteiger partial charge in [0, 0.05) is 0 Å². The number of aliphatic hydroxyl groups excluding tert-OH is 6. The highest BCUT2D eigenvalue weighted by atomic mass is 16.7. The summed E-state index contributed by atoms with van der Waals surface area (Å²) in [6.07, 6.45) is -10.1. The molecule has 0 aromatic heterocycles. The maximum absolute atomic E-state index is 9.67. The summed E-state index contributed by atoms with van der Waals surface area (Å²) in [4.78, 5) is 0. The standard InChI is InChI=1S/C10H18O9/c11-1-3-5(13)6(14)10(18-3)19-8-4(2-12)17-9(16)7(8)15/h3-16H,1-2H2/t3-,4-,5-,6+,7+,8-,9-,10+/m1/s1. The van der Waals surface area contributed by atoms with Crippen molar-refractivity contribution in [3.8, 4) is 0 Å². The smallest absolute Gasteiger partial charge is 0.187 e. The van der Waals surface area contributed by atoms with E-state index in [2.05, 4.69) is 0 Å². The lowest BCUT2D eigenvalue weighted by atomic mass is 10.1. The predicted molar refractivity (Wildman–Crippen MR) is 56.6 cm³/mol. The van der Waals surface area contributed by atoms with Crippen molar-refractivity contribution in [3.05, 3.63) is 0 Å². The molecule has 9 heteroatoms. The third-order valence-corrected chi connectivity index (χ3v) is 3.28. The van der Waals surface area contributed by atoms with Crippen LogP contribution < -0.4 is 0 Å². The molecule has 112 valence electrons. The largest absolute Gasteiger partial charge is 0.394 e. The molecule has 9 nitrogen and oxygen atoms in total. The van der Waals surface area contributed by atoms with Crippen LogP contribution in [0.4, 0.5) is 0 Å². The second-order valence-corrected chi connectivity index (χ2v) is 4.55. The Bertz CT molecular complexity index is 301. The van der Waals surface area contributed by atoms with Crippen LogP contribution >= 0.6 is 0 Å². The minimum Gasteiger partial charge on any atom is -0.394 e. The Labute approximate surface area is 108 Å². The first-order valence-electron chi connectivity index (χ1n) is 5.90. The topological polar surface area (TPSA) is 149 Å². The van der Waals surface area contributed by atoms with Gasteiger partial charge in [-0.15, -0.1) is 0 Å². The van der Waals surface area contributed by atoms with Gasteiger partial charge in [-0.2, -0.15) is 0 Å². The monoisotopic (exact) mass is 282 g/mol. The Balaban J connectivity index is 2.00. The molecular weight excluding hydrogens is 264 g/mol. The molecule has 0 radical (unpaired) electrons. The van der Waals surface area contributed by atoms with E-state index in [1.54, 1.807) is 0 Å². The van der Waals surface area contributed by atoms with Crippen molar-refractivity contribution >= 4 is 0 Å². The van der Waals surface area contributed by atoms with Gasteiger partial charge in [0.05, 0.1) is 13.2 Å². The van der Waals surface area contributed by atoms with Crippen LogP contribution in [0.2, 0.25) is 0 Å². The fourth-order valence-electron chi connectivity index (χ4n) is 2.17. The Hall–Kier alpha value is -0.360. The van der Waals surface area contributed by atoms with Gasteiger partial charge in [-0.3, -0.25) is 0 Å². The van der Waals surface area contributed by atoms with Crippen LogP contribution in [0.3, 0.4) is 0 Å². The molecule has 8 atom stereocenters. The number of ether oxygens (including phenoxy) is 3. The Morgan fingerprint density at radius 1 is 0.789 bits per heavy atom. The second-order valence-electron chi connectivity index (χ2n) is 4.55. The molecule has 2 aliphatic heterocycles. The zero-order valence-corrected chi connectivity index (χ0v) is 9.94. The molecule has 0 amide bonds. The lowest BCUT2D eigenvalue weighted by Gasteiger charge is -2.24. The molecule has 0 saturated carbocycles. The molecule has 0 spiro atoms. The van der Waals surface area contributed by atoms with E-state index in [4.69, 9.17) is 24.4 Å². The molecule has 2 rings (SSSR count). The van der Waals surface area contributed by atoms with Crippen molar-refractivity contribution in [1.29, 1.82) is 0 Å². The molecular formula is C10H18O9. The van der Waals surface area contributed by atoms with Gasteiger partial charge in [0.1, 0.15) is 36.6 Å². The summed E-state index contributed by atoms with van der Waals surface area (Å²) in [6, 6.07) is 0. The van der Waals surface area contributed by atoms with Crippen LogP contribution in [-0.2, 0) is 14.2 Å². The highest BCUT2D eigenvalue weighted by Crippen LogP contribution is 2.28. The van der Waals surface area contributed by atoms with E-state index in [1.807, 2.05) is 0 Å². The van der Waals surface area contributed by atoms with Gasteiger partial charge in [0.25, 0.3) is 0 Å². The number of hydrogen-bond donors (Lipinski definition) is 6. The quantitative estimate of drug-likeness (QED) is 0.302. The van der Waals surface area contributed by atoms with Crippen LogP contribution in [0.5, 0.6) is 0 Å². The summed E-state index contributed by atoms with van der Waals surface area (Å²) in [6.45, 7) is -1.01. The van der Waals surface area contributed by atoms with Gasteiger partial charge in [-0.05, 0) is 0 Å². The maximum atomic E-state index is 9.67. The third kappa shape index (κ3) is 2.75. The summed E-state index contributed by atoms with van der Waals surface area (Å²) in [5.41, 5.74) is 0. The molecule has 0 aliphatic carbocycles. The van der Waals surface area contributed by atoms with E-state index >= 15 is 0 Å². The van der Waals surface area contributed by atoms with Crippen molar-refractivity contribution in [2.24, 2.45) is 0 Å². The maximum Gasteiger partial charge on any atom is 0.187 e. The highest BCUT2D eigenvalue weighted by molar-refractivity contribution is 4.91. The predicted octanol–water partition coefficient (Wildman–Crippen LogP) is -4.12. The van der Waals surface area contributed by atoms with Crippen molar-refractivity contribution in [2.75, 3.05) is 13.2 Å². The summed E-state index contributed by atoms with van der Waals surface area (Å²) in [7, 11) is 0. The molecule has 0 unspecified atom stereocenters. The van der Waals surface area contributed by atoms with E-state index in [9.17, 15) is 20.4 Å². The van der Waals surface area contributed by atoms with E-state index in [0.717, 1.165) is 0 Å². The summed E-state index contributed by atoms with van der Waals surface area (Å²) in [5, 5.41) is 56.1. The van der Waals surface area contributed by atoms with Crippen molar-refractivity contribution < 1.29 is 44.8 Å². The molecule has 2 aliphatic rings. The molecule has 0 aromatic carbocycles. The highest BCUT2D eigenvalue weighted by Gasteiger charge is 2.49. The first-order chi connectivity index (χ1) is 8.99. The fourth-order valence-corrected chi connectivity index (χ4v) is 2.17. The van der Waals surface area contributed by atoms with E-state index < -0.39 is 62.4 Å². The van der Waals surface area contributed by atoms with E-state index in [-0.39, 0.29) is 0 Å². The lowest BCUT2D eigenvalue weighted by Crippen LogP contribution is -2.43. The molecule has 2 heterocycles. The van der Waals surface area contributed by atoms with Crippen LogP contribution in [0.15, 0.2) is 0 Å². The Morgan fingerprint density at radius 2 is 1.42 bits per heavy atom. The summed E-state index contributed by atoms with van der Waals surface area (Å²) >= 11 is 0. The number of rotatable bonds is 4. The van der Waals surface area contributed by atoms with E-state index in [0.29, 0.717) is 0 Å².